The van der Waals surface area contributed by atoms with Crippen molar-refractivity contribution in [3.8, 4) is 0 Å². The molecule has 1 fully saturated rings. The smallest absolute Gasteiger partial charge is 0.111 e. The number of benzene rings is 2. The van der Waals surface area contributed by atoms with E-state index in [1.807, 2.05) is 0 Å². The van der Waals surface area contributed by atoms with Crippen LogP contribution in [0.4, 0.5) is 0 Å². The molecule has 6 heteroatoms. The first-order valence-corrected chi connectivity index (χ1v) is 9.68. The van der Waals surface area contributed by atoms with Crippen LogP contribution in [0.15, 0.2) is 54.6 Å². The summed E-state index contributed by atoms with van der Waals surface area (Å²) in [7, 11) is 0. The van der Waals surface area contributed by atoms with E-state index in [0.29, 0.717) is 0 Å². The van der Waals surface area contributed by atoms with E-state index in [4.69, 9.17) is 25.2 Å². The fourth-order valence-electron chi connectivity index (χ4n) is 3.56. The van der Waals surface area contributed by atoms with Gasteiger partial charge in [-0.05, 0) is 23.1 Å². The van der Waals surface area contributed by atoms with Gasteiger partial charge in [-0.1, -0.05) is 54.6 Å². The van der Waals surface area contributed by atoms with Gasteiger partial charge in [0.25, 0.3) is 0 Å². The summed E-state index contributed by atoms with van der Waals surface area (Å²) < 4.78 is 4.81. The lowest BCUT2D eigenvalue weighted by Crippen LogP contribution is -2.53. The number of hydrogen-bond donors (Lipinski definition) is 4. The van der Waals surface area contributed by atoms with Gasteiger partial charge < -0.3 is 25.2 Å². The van der Waals surface area contributed by atoms with Crippen LogP contribution in [-0.4, -0.2) is 69.5 Å². The summed E-state index contributed by atoms with van der Waals surface area (Å²) in [5, 5.41) is 35.7. The first kappa shape index (κ1) is 20.9. The number of rotatable bonds is 3. The Morgan fingerprint density at radius 2 is 1.57 bits per heavy atom. The summed E-state index contributed by atoms with van der Waals surface area (Å²) in [6.07, 6.45) is -3.09. The maximum atomic E-state index is 9.11. The molecule has 1 saturated heterocycles. The van der Waals surface area contributed by atoms with Crippen molar-refractivity contribution in [1.29, 1.82) is 0 Å². The summed E-state index contributed by atoms with van der Waals surface area (Å²) in [6, 6.07) is 19.5. The van der Waals surface area contributed by atoms with Crippen LogP contribution in [0.2, 0.25) is 0 Å². The van der Waals surface area contributed by atoms with Crippen LogP contribution in [-0.2, 0) is 24.2 Å². The highest BCUT2D eigenvalue weighted by Crippen LogP contribution is 2.20. The molecule has 4 rings (SSSR count). The molecule has 28 heavy (non-hydrogen) atoms. The fourth-order valence-corrected chi connectivity index (χ4v) is 3.56. The molecule has 4 atom stereocenters. The Morgan fingerprint density at radius 1 is 0.893 bits per heavy atom. The summed E-state index contributed by atoms with van der Waals surface area (Å²) in [4.78, 5) is 2.53. The van der Waals surface area contributed by atoms with E-state index in [1.54, 1.807) is 0 Å². The lowest BCUT2D eigenvalue weighted by atomic mass is 9.99. The van der Waals surface area contributed by atoms with Crippen molar-refractivity contribution in [3.05, 3.63) is 71.3 Å². The second-order valence-electron chi connectivity index (χ2n) is 7.32. The van der Waals surface area contributed by atoms with Crippen molar-refractivity contribution < 1.29 is 25.2 Å². The Kier molecular flexibility index (Phi) is 7.56. The number of aliphatic hydroxyl groups excluding tert-OH is 4. The predicted molar refractivity (Wildman–Crippen MR) is 106 cm³/mol. The Hall–Kier alpha value is -1.80. The second-order valence-corrected chi connectivity index (χ2v) is 7.32. The normalized spacial score (nSPS) is 27.4. The van der Waals surface area contributed by atoms with Crippen molar-refractivity contribution in [3.63, 3.8) is 0 Å². The van der Waals surface area contributed by atoms with E-state index in [-0.39, 0.29) is 13.2 Å². The van der Waals surface area contributed by atoms with Gasteiger partial charge in [-0.3, -0.25) is 4.90 Å². The Labute approximate surface area is 165 Å². The van der Waals surface area contributed by atoms with E-state index < -0.39 is 24.4 Å². The van der Waals surface area contributed by atoms with E-state index in [0.717, 1.165) is 13.1 Å². The molecule has 0 saturated carbocycles. The number of nitrogens with zero attached hydrogens (tertiary/aromatic N) is 1. The van der Waals surface area contributed by atoms with Crippen LogP contribution in [0.3, 0.4) is 0 Å². The van der Waals surface area contributed by atoms with Gasteiger partial charge >= 0.3 is 0 Å². The van der Waals surface area contributed by atoms with E-state index in [1.165, 1.54) is 29.7 Å². The molecule has 2 aromatic carbocycles. The van der Waals surface area contributed by atoms with Gasteiger partial charge in [-0.15, -0.1) is 0 Å². The van der Waals surface area contributed by atoms with Gasteiger partial charge in [0.05, 0.1) is 13.2 Å². The molecule has 2 heterocycles. The summed E-state index contributed by atoms with van der Waals surface area (Å²) >= 11 is 0. The van der Waals surface area contributed by atoms with Crippen molar-refractivity contribution in [2.24, 2.45) is 0 Å². The fraction of sp³-hybridized carbons (Fsp3) is 0.455. The standard InChI is InChI=1S/C16H17N.C6H12O5/c1-2-6-14(7-3-1)12-17-11-10-15-8-4-5-9-16(15)13-17;7-1-4-6(10)5(9)3(8)2-11-4/h1-9H,10-13H2;3-10H,1-2H2. The number of aliphatic hydroxyl groups is 4. The van der Waals surface area contributed by atoms with Crippen molar-refractivity contribution >= 4 is 0 Å². The molecule has 2 aromatic rings. The molecular formula is C22H29NO5. The van der Waals surface area contributed by atoms with Gasteiger partial charge in [0.15, 0.2) is 0 Å². The lowest BCUT2D eigenvalue weighted by Gasteiger charge is -2.34. The molecule has 0 bridgehead atoms. The quantitative estimate of drug-likeness (QED) is 0.620. The second kappa shape index (κ2) is 10.1. The van der Waals surface area contributed by atoms with Crippen molar-refractivity contribution in [1.82, 2.24) is 4.90 Å². The molecular weight excluding hydrogens is 358 g/mol. The Morgan fingerprint density at radius 3 is 2.29 bits per heavy atom. The van der Waals surface area contributed by atoms with Gasteiger partial charge in [0.2, 0.25) is 0 Å². The number of hydrogen-bond acceptors (Lipinski definition) is 6. The molecule has 0 aromatic heterocycles. The van der Waals surface area contributed by atoms with Crippen LogP contribution in [0.5, 0.6) is 0 Å². The molecule has 2 aliphatic heterocycles. The first-order chi connectivity index (χ1) is 13.6. The van der Waals surface area contributed by atoms with E-state index in [9.17, 15) is 0 Å². The molecule has 0 radical (unpaired) electrons. The number of ether oxygens (including phenoxy) is 1. The molecule has 6 nitrogen and oxygen atoms in total. The third kappa shape index (κ3) is 5.38. The topological polar surface area (TPSA) is 93.4 Å². The SMILES string of the molecule is OCC1OCC(O)C(O)C1O.c1ccc(CN2CCc3ccccc3C2)cc1. The Balaban J connectivity index is 0.000000178. The van der Waals surface area contributed by atoms with Crippen LogP contribution in [0, 0.1) is 0 Å². The van der Waals surface area contributed by atoms with Crippen LogP contribution < -0.4 is 0 Å². The third-order valence-corrected chi connectivity index (χ3v) is 5.24. The minimum absolute atomic E-state index is 0.0521. The molecule has 0 aliphatic carbocycles. The van der Waals surface area contributed by atoms with Gasteiger partial charge in [-0.25, -0.2) is 0 Å². The maximum Gasteiger partial charge on any atom is 0.111 e. The summed E-state index contributed by atoms with van der Waals surface area (Å²) in [5.41, 5.74) is 4.43. The lowest BCUT2D eigenvalue weighted by molar-refractivity contribution is -0.195. The highest BCUT2D eigenvalue weighted by Gasteiger charge is 2.36. The monoisotopic (exact) mass is 387 g/mol. The van der Waals surface area contributed by atoms with Gasteiger partial charge in [0.1, 0.15) is 24.4 Å². The average molecular weight is 387 g/mol. The zero-order valence-electron chi connectivity index (χ0n) is 15.9. The predicted octanol–water partition coefficient (Wildman–Crippen LogP) is 0.705. The molecule has 4 N–H and O–H groups in total. The average Bonchev–Trinajstić information content (AvgIpc) is 2.73. The zero-order valence-corrected chi connectivity index (χ0v) is 15.9. The largest absolute Gasteiger partial charge is 0.394 e. The van der Waals surface area contributed by atoms with E-state index in [2.05, 4.69) is 59.5 Å². The highest BCUT2D eigenvalue weighted by atomic mass is 16.5. The van der Waals surface area contributed by atoms with Crippen molar-refractivity contribution in [2.45, 2.75) is 43.9 Å². The summed E-state index contributed by atoms with van der Waals surface area (Å²) in [6.45, 7) is 2.92. The van der Waals surface area contributed by atoms with Crippen LogP contribution in [0.25, 0.3) is 0 Å². The molecule has 0 amide bonds. The minimum Gasteiger partial charge on any atom is -0.394 e. The highest BCUT2D eigenvalue weighted by molar-refractivity contribution is 5.29. The van der Waals surface area contributed by atoms with Crippen LogP contribution >= 0.6 is 0 Å². The summed E-state index contributed by atoms with van der Waals surface area (Å²) in [5.74, 6) is 0. The molecule has 0 spiro atoms. The maximum absolute atomic E-state index is 9.11. The Bertz CT molecular complexity index is 724. The van der Waals surface area contributed by atoms with Crippen LogP contribution in [0.1, 0.15) is 16.7 Å². The van der Waals surface area contributed by atoms with Gasteiger partial charge in [-0.2, -0.15) is 0 Å². The van der Waals surface area contributed by atoms with E-state index >= 15 is 0 Å². The zero-order chi connectivity index (χ0) is 19.9. The molecule has 4 unspecified atom stereocenters. The van der Waals surface area contributed by atoms with Crippen molar-refractivity contribution in [2.75, 3.05) is 19.8 Å². The minimum atomic E-state index is -1.22. The van der Waals surface area contributed by atoms with Gasteiger partial charge in [0, 0.05) is 19.6 Å². The molecule has 2 aliphatic rings. The molecule has 152 valence electrons. The number of fused-ring (bicyclic) bond motifs is 1. The third-order valence-electron chi connectivity index (χ3n) is 5.24. The first-order valence-electron chi connectivity index (χ1n) is 9.68.